The highest BCUT2D eigenvalue weighted by atomic mass is 16.5. The van der Waals surface area contributed by atoms with Crippen LogP contribution in [0.25, 0.3) is 5.70 Å². The first-order valence-corrected chi connectivity index (χ1v) is 10.3. The standard InChI is InChI=1S/C24H30N2O3/c1-17-3-5-18(6-4-17)22-15-23(24(16-27)13-11-20(28)12-14-24)25-26(22)19-7-9-21(29-2)10-8-19/h3-10,15,20,23,25,27-28H,11-14,16H2,1-2H3. The summed E-state index contributed by atoms with van der Waals surface area (Å²) in [4.78, 5) is 0. The summed E-state index contributed by atoms with van der Waals surface area (Å²) >= 11 is 0. The Hall–Kier alpha value is -2.34. The molecule has 1 aliphatic heterocycles. The maximum atomic E-state index is 10.3. The summed E-state index contributed by atoms with van der Waals surface area (Å²) in [6.45, 7) is 2.19. The van der Waals surface area contributed by atoms with Gasteiger partial charge in [0.25, 0.3) is 0 Å². The lowest BCUT2D eigenvalue weighted by atomic mass is 9.69. The minimum Gasteiger partial charge on any atom is -0.497 e. The second-order valence-electron chi connectivity index (χ2n) is 8.31. The fraction of sp³-hybridized carbons (Fsp3) is 0.417. The summed E-state index contributed by atoms with van der Waals surface area (Å²) in [6, 6.07) is 16.5. The second-order valence-corrected chi connectivity index (χ2v) is 8.31. The van der Waals surface area contributed by atoms with Gasteiger partial charge in [-0.1, -0.05) is 29.8 Å². The fourth-order valence-electron chi connectivity index (χ4n) is 4.43. The second kappa shape index (κ2) is 8.19. The van der Waals surface area contributed by atoms with Gasteiger partial charge in [0.15, 0.2) is 0 Å². The topological polar surface area (TPSA) is 65.0 Å². The van der Waals surface area contributed by atoms with E-state index in [2.05, 4.69) is 47.7 Å². The van der Waals surface area contributed by atoms with Gasteiger partial charge in [-0.2, -0.15) is 0 Å². The molecule has 4 rings (SSSR count). The normalized spacial score (nSPS) is 27.0. The van der Waals surface area contributed by atoms with Crippen LogP contribution in [-0.2, 0) is 0 Å². The molecule has 0 radical (unpaired) electrons. The van der Waals surface area contributed by atoms with Crippen LogP contribution in [-0.4, -0.2) is 36.1 Å². The highest BCUT2D eigenvalue weighted by Crippen LogP contribution is 2.43. The zero-order chi connectivity index (χ0) is 20.4. The molecule has 1 saturated carbocycles. The van der Waals surface area contributed by atoms with Gasteiger partial charge in [-0.15, -0.1) is 0 Å². The maximum Gasteiger partial charge on any atom is 0.119 e. The first-order valence-electron chi connectivity index (χ1n) is 10.3. The van der Waals surface area contributed by atoms with Crippen molar-refractivity contribution in [2.45, 2.75) is 44.8 Å². The van der Waals surface area contributed by atoms with Crippen LogP contribution in [0.4, 0.5) is 5.69 Å². The predicted octanol–water partition coefficient (Wildman–Crippen LogP) is 3.65. The molecule has 1 aliphatic carbocycles. The van der Waals surface area contributed by atoms with E-state index in [1.54, 1.807) is 7.11 Å². The maximum absolute atomic E-state index is 10.3. The number of rotatable bonds is 5. The number of hydrazine groups is 1. The van der Waals surface area contributed by atoms with E-state index in [-0.39, 0.29) is 24.2 Å². The Balaban J connectivity index is 1.70. The van der Waals surface area contributed by atoms with Gasteiger partial charge in [0.05, 0.1) is 37.2 Å². The van der Waals surface area contributed by atoms with Gasteiger partial charge >= 0.3 is 0 Å². The van der Waals surface area contributed by atoms with Crippen LogP contribution in [0, 0.1) is 12.3 Å². The molecule has 0 amide bonds. The number of hydrogen-bond donors (Lipinski definition) is 3. The summed E-state index contributed by atoms with van der Waals surface area (Å²) in [5.41, 5.74) is 7.83. The van der Waals surface area contributed by atoms with Crippen molar-refractivity contribution in [2.24, 2.45) is 5.41 Å². The average Bonchev–Trinajstić information content (AvgIpc) is 3.21. The molecule has 0 aromatic heterocycles. The highest BCUT2D eigenvalue weighted by molar-refractivity contribution is 5.81. The number of nitrogens with zero attached hydrogens (tertiary/aromatic N) is 1. The number of aliphatic hydroxyl groups is 2. The number of ether oxygens (including phenoxy) is 1. The van der Waals surface area contributed by atoms with Crippen LogP contribution >= 0.6 is 0 Å². The number of aryl methyl sites for hydroxylation is 1. The van der Waals surface area contributed by atoms with E-state index in [9.17, 15) is 10.2 Å². The summed E-state index contributed by atoms with van der Waals surface area (Å²) < 4.78 is 5.31. The minimum atomic E-state index is -0.267. The lowest BCUT2D eigenvalue weighted by Gasteiger charge is -2.42. The Morgan fingerprint density at radius 2 is 1.72 bits per heavy atom. The molecule has 5 nitrogen and oxygen atoms in total. The molecule has 2 aromatic rings. The van der Waals surface area contributed by atoms with Gasteiger partial charge in [0.1, 0.15) is 5.75 Å². The number of methoxy groups -OCH3 is 1. The number of nitrogens with one attached hydrogen (secondary N) is 1. The van der Waals surface area contributed by atoms with Crippen molar-refractivity contribution in [3.63, 3.8) is 0 Å². The van der Waals surface area contributed by atoms with Crippen LogP contribution in [0.5, 0.6) is 5.75 Å². The van der Waals surface area contributed by atoms with E-state index in [0.29, 0.717) is 0 Å². The Bertz CT molecular complexity index is 853. The zero-order valence-corrected chi connectivity index (χ0v) is 17.1. The fourth-order valence-corrected chi connectivity index (χ4v) is 4.43. The smallest absolute Gasteiger partial charge is 0.119 e. The van der Waals surface area contributed by atoms with Crippen molar-refractivity contribution in [3.05, 3.63) is 65.7 Å². The van der Waals surface area contributed by atoms with E-state index >= 15 is 0 Å². The third kappa shape index (κ3) is 3.90. The number of benzene rings is 2. The first kappa shape index (κ1) is 20.0. The Morgan fingerprint density at radius 1 is 1.07 bits per heavy atom. The molecule has 29 heavy (non-hydrogen) atoms. The van der Waals surface area contributed by atoms with E-state index < -0.39 is 0 Å². The molecule has 1 unspecified atom stereocenters. The third-order valence-electron chi connectivity index (χ3n) is 6.44. The largest absolute Gasteiger partial charge is 0.497 e. The molecular formula is C24H30N2O3. The van der Waals surface area contributed by atoms with Gasteiger partial charge < -0.3 is 14.9 Å². The minimum absolute atomic E-state index is 0.00148. The summed E-state index contributed by atoms with van der Waals surface area (Å²) in [7, 11) is 1.67. The van der Waals surface area contributed by atoms with Gasteiger partial charge in [-0.3, -0.25) is 5.01 Å². The van der Waals surface area contributed by atoms with Crippen LogP contribution in [0.1, 0.15) is 36.8 Å². The SMILES string of the molecule is COc1ccc(N2NC(C3(CO)CCC(O)CC3)C=C2c2ccc(C)cc2)cc1. The van der Waals surface area contributed by atoms with Crippen molar-refractivity contribution >= 4 is 11.4 Å². The number of anilines is 1. The van der Waals surface area contributed by atoms with E-state index in [4.69, 9.17) is 4.74 Å². The molecule has 1 fully saturated rings. The van der Waals surface area contributed by atoms with Crippen LogP contribution in [0.3, 0.4) is 0 Å². The Kier molecular flexibility index (Phi) is 5.63. The Morgan fingerprint density at radius 3 is 2.31 bits per heavy atom. The summed E-state index contributed by atoms with van der Waals surface area (Å²) in [5.74, 6) is 0.818. The van der Waals surface area contributed by atoms with E-state index in [1.807, 2.05) is 24.3 Å². The van der Waals surface area contributed by atoms with Crippen molar-refractivity contribution in [1.29, 1.82) is 0 Å². The molecule has 154 valence electrons. The molecule has 2 aliphatic rings. The monoisotopic (exact) mass is 394 g/mol. The highest BCUT2D eigenvalue weighted by Gasteiger charge is 2.44. The van der Waals surface area contributed by atoms with Crippen molar-refractivity contribution in [3.8, 4) is 5.75 Å². The quantitative estimate of drug-likeness (QED) is 0.722. The average molecular weight is 395 g/mol. The molecule has 0 bridgehead atoms. The van der Waals surface area contributed by atoms with Crippen molar-refractivity contribution < 1.29 is 14.9 Å². The van der Waals surface area contributed by atoms with E-state index in [0.717, 1.165) is 48.4 Å². The Labute approximate surface area is 172 Å². The molecule has 2 aromatic carbocycles. The molecular weight excluding hydrogens is 364 g/mol. The number of hydrogen-bond acceptors (Lipinski definition) is 5. The molecule has 1 heterocycles. The van der Waals surface area contributed by atoms with Crippen molar-refractivity contribution in [1.82, 2.24) is 5.43 Å². The summed E-state index contributed by atoms with van der Waals surface area (Å²) in [5, 5.41) is 22.4. The third-order valence-corrected chi connectivity index (χ3v) is 6.44. The summed E-state index contributed by atoms with van der Waals surface area (Å²) in [6.07, 6.45) is 5.05. The van der Waals surface area contributed by atoms with Gasteiger partial charge in [-0.25, -0.2) is 5.43 Å². The zero-order valence-electron chi connectivity index (χ0n) is 17.1. The molecule has 3 N–H and O–H groups in total. The van der Waals surface area contributed by atoms with Crippen molar-refractivity contribution in [2.75, 3.05) is 18.7 Å². The van der Waals surface area contributed by atoms with Gasteiger partial charge in [-0.05, 0) is 68.5 Å². The number of aliphatic hydroxyl groups excluding tert-OH is 2. The van der Waals surface area contributed by atoms with Crippen LogP contribution in [0.2, 0.25) is 0 Å². The predicted molar refractivity (Wildman–Crippen MR) is 116 cm³/mol. The first-order chi connectivity index (χ1) is 14.0. The van der Waals surface area contributed by atoms with E-state index in [1.165, 1.54) is 5.56 Å². The van der Waals surface area contributed by atoms with Gasteiger partial charge in [0, 0.05) is 5.41 Å². The lowest BCUT2D eigenvalue weighted by Crippen LogP contribution is -2.50. The molecule has 0 spiro atoms. The van der Waals surface area contributed by atoms with Crippen LogP contribution in [0.15, 0.2) is 54.6 Å². The molecule has 5 heteroatoms. The van der Waals surface area contributed by atoms with Gasteiger partial charge in [0.2, 0.25) is 0 Å². The lowest BCUT2D eigenvalue weighted by molar-refractivity contribution is 0.0107. The molecule has 0 saturated heterocycles. The molecule has 1 atom stereocenters. The van der Waals surface area contributed by atoms with Crippen LogP contribution < -0.4 is 15.2 Å².